The zero-order valence-corrected chi connectivity index (χ0v) is 15.9. The van der Waals surface area contributed by atoms with Gasteiger partial charge in [0.15, 0.2) is 6.61 Å². The molecule has 2 heterocycles. The first-order valence-corrected chi connectivity index (χ1v) is 9.41. The number of carbonyl (C=O) groups excluding carboxylic acids is 1. The molecule has 1 aromatic carbocycles. The van der Waals surface area contributed by atoms with E-state index in [0.29, 0.717) is 31.2 Å². The minimum Gasteiger partial charge on any atom is -0.484 e. The summed E-state index contributed by atoms with van der Waals surface area (Å²) in [6.07, 6.45) is 3.03. The van der Waals surface area contributed by atoms with Crippen LogP contribution < -0.4 is 9.64 Å². The molecule has 1 amide bonds. The van der Waals surface area contributed by atoms with Crippen LogP contribution >= 0.6 is 0 Å². The van der Waals surface area contributed by atoms with Gasteiger partial charge in [0.05, 0.1) is 4.92 Å². The van der Waals surface area contributed by atoms with Crippen LogP contribution in [0.1, 0.15) is 18.9 Å². The van der Waals surface area contributed by atoms with E-state index in [-0.39, 0.29) is 18.2 Å². The second-order valence-electron chi connectivity index (χ2n) is 6.64. The normalized spacial score (nSPS) is 14.5. The van der Waals surface area contributed by atoms with Crippen molar-refractivity contribution in [2.24, 2.45) is 0 Å². The van der Waals surface area contributed by atoms with Crippen molar-refractivity contribution in [3.63, 3.8) is 0 Å². The first kappa shape index (κ1) is 19.6. The van der Waals surface area contributed by atoms with Crippen LogP contribution in [0.15, 0.2) is 42.6 Å². The molecule has 1 aliphatic rings. The van der Waals surface area contributed by atoms with Gasteiger partial charge >= 0.3 is 0 Å². The van der Waals surface area contributed by atoms with Gasteiger partial charge in [-0.1, -0.05) is 19.1 Å². The standard InChI is InChI=1S/C20H24N4O4/c1-2-16-4-7-18(8-5-16)28-15-20(25)23-11-3-10-22(12-13-23)19-9-6-17(14-21-19)24(26)27/h4-9,14H,2-3,10-13,15H2,1H3. The zero-order valence-electron chi connectivity index (χ0n) is 15.9. The van der Waals surface area contributed by atoms with Crippen molar-refractivity contribution < 1.29 is 14.5 Å². The Balaban J connectivity index is 1.52. The average Bonchev–Trinajstić information content (AvgIpc) is 2.99. The number of hydrogen-bond donors (Lipinski definition) is 0. The number of pyridine rings is 1. The average molecular weight is 384 g/mol. The molecule has 1 fully saturated rings. The summed E-state index contributed by atoms with van der Waals surface area (Å²) in [6, 6.07) is 10.9. The van der Waals surface area contributed by atoms with Crippen LogP contribution in [-0.2, 0) is 11.2 Å². The molecule has 2 aromatic rings. The van der Waals surface area contributed by atoms with E-state index < -0.39 is 4.92 Å². The van der Waals surface area contributed by atoms with Gasteiger partial charge in [-0.2, -0.15) is 0 Å². The lowest BCUT2D eigenvalue weighted by molar-refractivity contribution is -0.385. The highest BCUT2D eigenvalue weighted by Gasteiger charge is 2.20. The van der Waals surface area contributed by atoms with Gasteiger partial charge in [0.25, 0.3) is 11.6 Å². The van der Waals surface area contributed by atoms with Crippen LogP contribution in [0.4, 0.5) is 11.5 Å². The highest BCUT2D eigenvalue weighted by molar-refractivity contribution is 5.77. The SMILES string of the molecule is CCc1ccc(OCC(=O)N2CCCN(c3ccc([N+](=O)[O-])cn3)CC2)cc1. The number of nitrogens with zero attached hydrogens (tertiary/aromatic N) is 4. The fourth-order valence-electron chi connectivity index (χ4n) is 3.13. The van der Waals surface area contributed by atoms with Gasteiger partial charge in [0, 0.05) is 32.2 Å². The third kappa shape index (κ3) is 4.97. The molecule has 0 atom stereocenters. The van der Waals surface area contributed by atoms with Crippen LogP contribution in [-0.4, -0.2) is 53.5 Å². The van der Waals surface area contributed by atoms with E-state index in [0.717, 1.165) is 19.4 Å². The van der Waals surface area contributed by atoms with Crippen LogP contribution in [0.2, 0.25) is 0 Å². The Hall–Kier alpha value is -3.16. The largest absolute Gasteiger partial charge is 0.484 e. The summed E-state index contributed by atoms with van der Waals surface area (Å²) in [6.45, 7) is 4.70. The fraction of sp³-hybridized carbons (Fsp3) is 0.400. The third-order valence-corrected chi connectivity index (χ3v) is 4.81. The number of nitro groups is 1. The Morgan fingerprint density at radius 1 is 1.14 bits per heavy atom. The Kier molecular flexibility index (Phi) is 6.41. The predicted molar refractivity (Wildman–Crippen MR) is 106 cm³/mol. The number of aryl methyl sites for hydroxylation is 1. The Labute approximate surface area is 163 Å². The number of aromatic nitrogens is 1. The van der Waals surface area contributed by atoms with Crippen molar-refractivity contribution in [2.45, 2.75) is 19.8 Å². The molecule has 148 valence electrons. The highest BCUT2D eigenvalue weighted by Crippen LogP contribution is 2.18. The molecule has 28 heavy (non-hydrogen) atoms. The number of ether oxygens (including phenoxy) is 1. The molecule has 1 aliphatic heterocycles. The van der Waals surface area contributed by atoms with E-state index in [4.69, 9.17) is 4.74 Å². The number of amides is 1. The molecular formula is C20H24N4O4. The zero-order chi connectivity index (χ0) is 19.9. The first-order chi connectivity index (χ1) is 13.6. The van der Waals surface area contributed by atoms with Crippen LogP contribution in [0.5, 0.6) is 5.75 Å². The molecule has 1 aromatic heterocycles. The van der Waals surface area contributed by atoms with E-state index in [2.05, 4.69) is 11.9 Å². The van der Waals surface area contributed by atoms with E-state index in [1.165, 1.54) is 17.8 Å². The lowest BCUT2D eigenvalue weighted by atomic mass is 10.2. The summed E-state index contributed by atoms with van der Waals surface area (Å²) in [5.74, 6) is 1.34. The van der Waals surface area contributed by atoms with Crippen molar-refractivity contribution >= 4 is 17.4 Å². The summed E-state index contributed by atoms with van der Waals surface area (Å²) >= 11 is 0. The number of anilines is 1. The van der Waals surface area contributed by atoms with E-state index in [1.54, 1.807) is 11.0 Å². The van der Waals surface area contributed by atoms with Gasteiger partial charge in [-0.25, -0.2) is 4.98 Å². The molecule has 8 nitrogen and oxygen atoms in total. The van der Waals surface area contributed by atoms with Gasteiger partial charge in [0.2, 0.25) is 0 Å². The Bertz CT molecular complexity index is 808. The number of benzene rings is 1. The van der Waals surface area contributed by atoms with Crippen molar-refractivity contribution in [3.8, 4) is 5.75 Å². The summed E-state index contributed by atoms with van der Waals surface area (Å²) < 4.78 is 5.63. The number of rotatable bonds is 6. The highest BCUT2D eigenvalue weighted by atomic mass is 16.6. The summed E-state index contributed by atoms with van der Waals surface area (Å²) in [5.41, 5.74) is 1.20. The summed E-state index contributed by atoms with van der Waals surface area (Å²) in [7, 11) is 0. The van der Waals surface area contributed by atoms with Gasteiger partial charge in [0.1, 0.15) is 17.8 Å². The van der Waals surface area contributed by atoms with Crippen LogP contribution in [0.3, 0.4) is 0 Å². The molecule has 0 aliphatic carbocycles. The predicted octanol–water partition coefficient (Wildman–Crippen LogP) is 2.67. The number of carbonyl (C=O) groups is 1. The summed E-state index contributed by atoms with van der Waals surface area (Å²) in [4.78, 5) is 30.8. The molecule has 0 saturated carbocycles. The maximum absolute atomic E-state index is 12.5. The molecular weight excluding hydrogens is 360 g/mol. The Morgan fingerprint density at radius 2 is 1.93 bits per heavy atom. The minimum absolute atomic E-state index is 0.0151. The second-order valence-corrected chi connectivity index (χ2v) is 6.64. The van der Waals surface area contributed by atoms with E-state index >= 15 is 0 Å². The van der Waals surface area contributed by atoms with Gasteiger partial charge in [-0.05, 0) is 36.6 Å². The molecule has 3 rings (SSSR count). The lowest BCUT2D eigenvalue weighted by Crippen LogP contribution is -2.38. The van der Waals surface area contributed by atoms with E-state index in [9.17, 15) is 14.9 Å². The smallest absolute Gasteiger partial charge is 0.287 e. The van der Waals surface area contributed by atoms with Crippen molar-refractivity contribution in [3.05, 3.63) is 58.3 Å². The summed E-state index contributed by atoms with van der Waals surface area (Å²) in [5, 5.41) is 10.8. The lowest BCUT2D eigenvalue weighted by Gasteiger charge is -2.22. The molecule has 0 bridgehead atoms. The van der Waals surface area contributed by atoms with E-state index in [1.807, 2.05) is 29.2 Å². The first-order valence-electron chi connectivity index (χ1n) is 9.41. The maximum Gasteiger partial charge on any atom is 0.287 e. The fourth-order valence-corrected chi connectivity index (χ4v) is 3.13. The van der Waals surface area contributed by atoms with Crippen molar-refractivity contribution in [1.29, 1.82) is 0 Å². The van der Waals surface area contributed by atoms with Crippen molar-refractivity contribution in [2.75, 3.05) is 37.7 Å². The molecule has 8 heteroatoms. The minimum atomic E-state index is -0.463. The molecule has 0 N–H and O–H groups in total. The third-order valence-electron chi connectivity index (χ3n) is 4.81. The quantitative estimate of drug-likeness (QED) is 0.562. The molecule has 0 unspecified atom stereocenters. The van der Waals surface area contributed by atoms with Crippen LogP contribution in [0.25, 0.3) is 0 Å². The molecule has 0 spiro atoms. The molecule has 0 radical (unpaired) electrons. The van der Waals surface area contributed by atoms with Gasteiger partial charge in [-0.15, -0.1) is 0 Å². The monoisotopic (exact) mass is 384 g/mol. The Morgan fingerprint density at radius 3 is 2.57 bits per heavy atom. The topological polar surface area (TPSA) is 88.8 Å². The van der Waals surface area contributed by atoms with Crippen LogP contribution in [0, 0.1) is 10.1 Å². The molecule has 1 saturated heterocycles. The number of hydrogen-bond acceptors (Lipinski definition) is 6. The maximum atomic E-state index is 12.5. The van der Waals surface area contributed by atoms with Gasteiger partial charge < -0.3 is 14.5 Å². The van der Waals surface area contributed by atoms with Gasteiger partial charge in [-0.3, -0.25) is 14.9 Å². The van der Waals surface area contributed by atoms with Crippen molar-refractivity contribution in [1.82, 2.24) is 9.88 Å². The second kappa shape index (κ2) is 9.16.